The first-order valence-electron chi connectivity index (χ1n) is 8.73. The number of hydrogen-bond acceptors (Lipinski definition) is 5. The molecule has 1 atom stereocenters. The van der Waals surface area contributed by atoms with Gasteiger partial charge in [0.05, 0.1) is 13.0 Å². The third-order valence-corrected chi connectivity index (χ3v) is 3.99. The second-order valence-corrected chi connectivity index (χ2v) is 5.56. The van der Waals surface area contributed by atoms with E-state index in [1.165, 1.54) is 7.11 Å². The van der Waals surface area contributed by atoms with Crippen LogP contribution < -0.4 is 9.64 Å². The SMILES string of the molecule is CC.COC(=O)C1CCN(c2cccc(OCc3ccccc3)n2)C1. The summed E-state index contributed by atoms with van der Waals surface area (Å²) in [6, 6.07) is 15.7. The van der Waals surface area contributed by atoms with Gasteiger partial charge in [-0.2, -0.15) is 4.98 Å². The summed E-state index contributed by atoms with van der Waals surface area (Å²) in [7, 11) is 1.43. The van der Waals surface area contributed by atoms with Gasteiger partial charge in [0.25, 0.3) is 0 Å². The van der Waals surface area contributed by atoms with Crippen LogP contribution in [0.1, 0.15) is 25.8 Å². The van der Waals surface area contributed by atoms with Crippen molar-refractivity contribution in [1.82, 2.24) is 4.98 Å². The monoisotopic (exact) mass is 342 g/mol. The number of esters is 1. The summed E-state index contributed by atoms with van der Waals surface area (Å²) >= 11 is 0. The molecule has 0 bridgehead atoms. The van der Waals surface area contributed by atoms with Crippen LogP contribution in [0.3, 0.4) is 0 Å². The van der Waals surface area contributed by atoms with Gasteiger partial charge in [-0.1, -0.05) is 50.2 Å². The molecule has 0 spiro atoms. The van der Waals surface area contributed by atoms with E-state index in [0.717, 1.165) is 24.3 Å². The van der Waals surface area contributed by atoms with E-state index in [-0.39, 0.29) is 11.9 Å². The average molecular weight is 342 g/mol. The van der Waals surface area contributed by atoms with Crippen LogP contribution >= 0.6 is 0 Å². The lowest BCUT2D eigenvalue weighted by atomic mass is 10.1. The first kappa shape index (κ1) is 18.8. The fourth-order valence-electron chi connectivity index (χ4n) is 2.72. The van der Waals surface area contributed by atoms with Crippen LogP contribution in [-0.2, 0) is 16.1 Å². The zero-order valence-corrected chi connectivity index (χ0v) is 15.1. The second-order valence-electron chi connectivity index (χ2n) is 5.56. The number of pyridine rings is 1. The van der Waals surface area contributed by atoms with E-state index >= 15 is 0 Å². The fraction of sp³-hybridized carbons (Fsp3) is 0.400. The molecule has 3 rings (SSSR count). The number of benzene rings is 1. The van der Waals surface area contributed by atoms with Crippen molar-refractivity contribution >= 4 is 11.8 Å². The first-order valence-corrected chi connectivity index (χ1v) is 8.73. The van der Waals surface area contributed by atoms with Gasteiger partial charge in [0.1, 0.15) is 12.4 Å². The molecule has 5 nitrogen and oxygen atoms in total. The van der Waals surface area contributed by atoms with Gasteiger partial charge in [0.2, 0.25) is 5.88 Å². The maximum atomic E-state index is 11.6. The third kappa shape index (κ3) is 5.21. The predicted molar refractivity (Wildman–Crippen MR) is 98.7 cm³/mol. The maximum absolute atomic E-state index is 11.6. The van der Waals surface area contributed by atoms with E-state index in [1.54, 1.807) is 0 Å². The van der Waals surface area contributed by atoms with Gasteiger partial charge in [0, 0.05) is 19.2 Å². The average Bonchev–Trinajstić information content (AvgIpc) is 3.19. The Bertz CT molecular complexity index is 661. The van der Waals surface area contributed by atoms with Gasteiger partial charge >= 0.3 is 5.97 Å². The van der Waals surface area contributed by atoms with Crippen LogP contribution in [0.4, 0.5) is 5.82 Å². The highest BCUT2D eigenvalue weighted by Crippen LogP contribution is 2.24. The van der Waals surface area contributed by atoms with Crippen LogP contribution in [-0.4, -0.2) is 31.2 Å². The molecule has 25 heavy (non-hydrogen) atoms. The molecule has 1 aliphatic heterocycles. The van der Waals surface area contributed by atoms with E-state index in [9.17, 15) is 4.79 Å². The van der Waals surface area contributed by atoms with Crippen molar-refractivity contribution < 1.29 is 14.3 Å². The van der Waals surface area contributed by atoms with Crippen LogP contribution in [0, 0.1) is 5.92 Å². The van der Waals surface area contributed by atoms with Crippen molar-refractivity contribution in [1.29, 1.82) is 0 Å². The van der Waals surface area contributed by atoms with Crippen molar-refractivity contribution in [2.24, 2.45) is 5.92 Å². The van der Waals surface area contributed by atoms with E-state index in [1.807, 2.05) is 62.4 Å². The number of rotatable bonds is 5. The topological polar surface area (TPSA) is 51.7 Å². The molecule has 5 heteroatoms. The minimum absolute atomic E-state index is 0.0734. The molecule has 1 aromatic carbocycles. The van der Waals surface area contributed by atoms with Gasteiger partial charge in [-0.05, 0) is 18.1 Å². The van der Waals surface area contributed by atoms with Gasteiger partial charge < -0.3 is 14.4 Å². The molecule has 1 unspecified atom stereocenters. The van der Waals surface area contributed by atoms with Gasteiger partial charge in [-0.15, -0.1) is 0 Å². The summed E-state index contributed by atoms with van der Waals surface area (Å²) in [5, 5.41) is 0. The number of nitrogens with zero attached hydrogens (tertiary/aromatic N) is 2. The molecule has 0 saturated carbocycles. The van der Waals surface area contributed by atoms with Gasteiger partial charge in [-0.3, -0.25) is 4.79 Å². The molecule has 1 aliphatic rings. The number of carbonyl (C=O) groups excluding carboxylic acids is 1. The molecule has 0 aliphatic carbocycles. The fourth-order valence-corrected chi connectivity index (χ4v) is 2.72. The second kappa shape index (κ2) is 9.67. The standard InChI is InChI=1S/C18H20N2O3.C2H6/c1-22-18(21)15-10-11-20(12-15)16-8-5-9-17(19-16)23-13-14-6-3-2-4-7-14;1-2/h2-9,15H,10-13H2,1H3;1-2H3. The van der Waals surface area contributed by atoms with Crippen LogP contribution in [0.5, 0.6) is 5.88 Å². The highest BCUT2D eigenvalue weighted by molar-refractivity contribution is 5.74. The highest BCUT2D eigenvalue weighted by atomic mass is 16.5. The minimum atomic E-state index is -0.149. The molecule has 0 amide bonds. The summed E-state index contributed by atoms with van der Waals surface area (Å²) in [6.45, 7) is 5.93. The smallest absolute Gasteiger partial charge is 0.310 e. The molecule has 1 saturated heterocycles. The summed E-state index contributed by atoms with van der Waals surface area (Å²) in [6.07, 6.45) is 0.795. The summed E-state index contributed by atoms with van der Waals surface area (Å²) < 4.78 is 10.6. The van der Waals surface area contributed by atoms with Crippen LogP contribution in [0.2, 0.25) is 0 Å². The lowest BCUT2D eigenvalue weighted by Crippen LogP contribution is -2.24. The van der Waals surface area contributed by atoms with Crippen molar-refractivity contribution in [3.05, 3.63) is 54.1 Å². The third-order valence-electron chi connectivity index (χ3n) is 3.99. The molecule has 134 valence electrons. The molecule has 1 fully saturated rings. The lowest BCUT2D eigenvalue weighted by Gasteiger charge is -2.17. The number of aromatic nitrogens is 1. The van der Waals surface area contributed by atoms with E-state index in [0.29, 0.717) is 19.0 Å². The van der Waals surface area contributed by atoms with Crippen molar-refractivity contribution in [3.8, 4) is 5.88 Å². The Balaban J connectivity index is 0.00000109. The quantitative estimate of drug-likeness (QED) is 0.776. The summed E-state index contributed by atoms with van der Waals surface area (Å²) in [5.74, 6) is 1.20. The molecule has 1 aromatic heterocycles. The zero-order valence-electron chi connectivity index (χ0n) is 15.1. The molecule has 0 radical (unpaired) electrons. The molecule has 2 aromatic rings. The Labute approximate surface area is 149 Å². The molecule has 0 N–H and O–H groups in total. The zero-order chi connectivity index (χ0) is 18.1. The number of anilines is 1. The Morgan fingerprint density at radius 3 is 2.64 bits per heavy atom. The molecular formula is C20H26N2O3. The highest BCUT2D eigenvalue weighted by Gasteiger charge is 2.29. The van der Waals surface area contributed by atoms with E-state index in [4.69, 9.17) is 9.47 Å². The molecular weight excluding hydrogens is 316 g/mol. The largest absolute Gasteiger partial charge is 0.473 e. The van der Waals surface area contributed by atoms with Crippen LogP contribution in [0.15, 0.2) is 48.5 Å². The molecule has 2 heterocycles. The van der Waals surface area contributed by atoms with E-state index in [2.05, 4.69) is 9.88 Å². The predicted octanol–water partition coefficient (Wildman–Crippen LogP) is 3.69. The Hall–Kier alpha value is -2.56. The summed E-state index contributed by atoms with van der Waals surface area (Å²) in [4.78, 5) is 18.3. The number of hydrogen-bond donors (Lipinski definition) is 0. The number of methoxy groups -OCH3 is 1. The Kier molecular flexibility index (Phi) is 7.26. The van der Waals surface area contributed by atoms with Crippen molar-refractivity contribution in [2.75, 3.05) is 25.1 Å². The van der Waals surface area contributed by atoms with Gasteiger partial charge in [0.15, 0.2) is 0 Å². The van der Waals surface area contributed by atoms with Crippen molar-refractivity contribution in [2.45, 2.75) is 26.9 Å². The maximum Gasteiger partial charge on any atom is 0.310 e. The minimum Gasteiger partial charge on any atom is -0.473 e. The normalized spacial score (nSPS) is 16.0. The van der Waals surface area contributed by atoms with Gasteiger partial charge in [-0.25, -0.2) is 0 Å². The van der Waals surface area contributed by atoms with Crippen LogP contribution in [0.25, 0.3) is 0 Å². The van der Waals surface area contributed by atoms with Crippen molar-refractivity contribution in [3.63, 3.8) is 0 Å². The lowest BCUT2D eigenvalue weighted by molar-refractivity contribution is -0.144. The number of ether oxygens (including phenoxy) is 2. The summed E-state index contributed by atoms with van der Waals surface area (Å²) in [5.41, 5.74) is 1.10. The first-order chi connectivity index (χ1) is 12.3. The number of carbonyl (C=O) groups is 1. The van der Waals surface area contributed by atoms with E-state index < -0.39 is 0 Å². The Morgan fingerprint density at radius 1 is 1.16 bits per heavy atom. The Morgan fingerprint density at radius 2 is 1.92 bits per heavy atom.